The molecule has 0 unspecified atom stereocenters. The molecule has 3 nitrogen and oxygen atoms in total. The minimum atomic E-state index is 0.465. The Hall–Kier alpha value is -1.06. The van der Waals surface area contributed by atoms with E-state index in [-0.39, 0.29) is 0 Å². The number of imidazole rings is 1. The van der Waals surface area contributed by atoms with Gasteiger partial charge in [-0.15, -0.1) is 0 Å². The summed E-state index contributed by atoms with van der Waals surface area (Å²) in [5.74, 6) is 0. The lowest BCUT2D eigenvalue weighted by molar-refractivity contribution is 0.0802. The summed E-state index contributed by atoms with van der Waals surface area (Å²) in [5.41, 5.74) is 1.92. The topological polar surface area (TPSA) is 27.1 Å². The standard InChI is InChI=1S/C11H13ClN2O/c1-2-7-15-8-14-10-6-4-3-5-9(10)13-11(14)12/h3-6H,2,7-8H2,1H3. The van der Waals surface area contributed by atoms with Crippen molar-refractivity contribution in [2.24, 2.45) is 0 Å². The summed E-state index contributed by atoms with van der Waals surface area (Å²) in [5, 5.41) is 0.479. The normalized spacial score (nSPS) is 11.1. The van der Waals surface area contributed by atoms with Crippen molar-refractivity contribution in [2.45, 2.75) is 20.1 Å². The zero-order chi connectivity index (χ0) is 10.7. The molecule has 15 heavy (non-hydrogen) atoms. The third-order valence-electron chi connectivity index (χ3n) is 2.18. The highest BCUT2D eigenvalue weighted by atomic mass is 35.5. The first-order chi connectivity index (χ1) is 7.33. The first kappa shape index (κ1) is 10.5. The molecule has 2 aromatic rings. The quantitative estimate of drug-likeness (QED) is 0.747. The van der Waals surface area contributed by atoms with Crippen LogP contribution in [0.25, 0.3) is 11.0 Å². The van der Waals surface area contributed by atoms with E-state index in [0.29, 0.717) is 12.0 Å². The molecule has 0 aliphatic heterocycles. The van der Waals surface area contributed by atoms with E-state index in [1.54, 1.807) is 0 Å². The Bertz CT molecular complexity index is 453. The molecule has 2 rings (SSSR count). The van der Waals surface area contributed by atoms with E-state index in [2.05, 4.69) is 11.9 Å². The maximum absolute atomic E-state index is 6.02. The Morgan fingerprint density at radius 3 is 3.00 bits per heavy atom. The van der Waals surface area contributed by atoms with Crippen LogP contribution in [0, 0.1) is 0 Å². The molecular weight excluding hydrogens is 212 g/mol. The zero-order valence-electron chi connectivity index (χ0n) is 8.61. The molecule has 0 saturated carbocycles. The van der Waals surface area contributed by atoms with Crippen LogP contribution in [0.3, 0.4) is 0 Å². The Kier molecular flexibility index (Phi) is 3.23. The number of hydrogen-bond donors (Lipinski definition) is 0. The van der Waals surface area contributed by atoms with Gasteiger partial charge in [0.1, 0.15) is 6.73 Å². The minimum absolute atomic E-state index is 0.465. The van der Waals surface area contributed by atoms with E-state index in [0.717, 1.165) is 24.1 Å². The predicted molar refractivity (Wildman–Crippen MR) is 61.0 cm³/mol. The second-order valence-electron chi connectivity index (χ2n) is 3.33. The average Bonchev–Trinajstić information content (AvgIpc) is 2.56. The smallest absolute Gasteiger partial charge is 0.205 e. The van der Waals surface area contributed by atoms with Gasteiger partial charge in [-0.1, -0.05) is 19.1 Å². The van der Waals surface area contributed by atoms with Gasteiger partial charge in [-0.25, -0.2) is 4.98 Å². The Labute approximate surface area is 93.6 Å². The SMILES string of the molecule is CCCOCn1c(Cl)nc2ccccc21. The Balaban J connectivity index is 2.28. The van der Waals surface area contributed by atoms with Gasteiger partial charge in [0.25, 0.3) is 0 Å². The lowest BCUT2D eigenvalue weighted by atomic mass is 10.3. The van der Waals surface area contributed by atoms with Gasteiger partial charge in [0.15, 0.2) is 0 Å². The third kappa shape index (κ3) is 2.13. The van der Waals surface area contributed by atoms with E-state index < -0.39 is 0 Å². The van der Waals surface area contributed by atoms with Gasteiger partial charge in [0.2, 0.25) is 5.28 Å². The maximum atomic E-state index is 6.02. The van der Waals surface area contributed by atoms with Crippen LogP contribution in [-0.2, 0) is 11.5 Å². The molecule has 80 valence electrons. The summed E-state index contributed by atoms with van der Waals surface area (Å²) < 4.78 is 7.32. The van der Waals surface area contributed by atoms with Crippen molar-refractivity contribution in [3.05, 3.63) is 29.5 Å². The highest BCUT2D eigenvalue weighted by Crippen LogP contribution is 2.19. The highest BCUT2D eigenvalue weighted by Gasteiger charge is 2.07. The van der Waals surface area contributed by atoms with E-state index >= 15 is 0 Å². The van der Waals surface area contributed by atoms with E-state index in [1.165, 1.54) is 0 Å². The number of halogens is 1. The molecular formula is C11H13ClN2O. The van der Waals surface area contributed by atoms with Crippen molar-refractivity contribution in [3.63, 3.8) is 0 Å². The van der Waals surface area contributed by atoms with E-state index in [9.17, 15) is 0 Å². The van der Waals surface area contributed by atoms with Crippen LogP contribution >= 0.6 is 11.6 Å². The summed E-state index contributed by atoms with van der Waals surface area (Å²) in [7, 11) is 0. The van der Waals surface area contributed by atoms with Crippen LogP contribution in [0.15, 0.2) is 24.3 Å². The summed E-state index contributed by atoms with van der Waals surface area (Å²) in [4.78, 5) is 4.24. The van der Waals surface area contributed by atoms with Gasteiger partial charge in [-0.2, -0.15) is 0 Å². The largest absolute Gasteiger partial charge is 0.361 e. The number of fused-ring (bicyclic) bond motifs is 1. The first-order valence-corrected chi connectivity index (χ1v) is 5.39. The summed E-state index contributed by atoms with van der Waals surface area (Å²) in [6.45, 7) is 3.28. The van der Waals surface area contributed by atoms with Crippen LogP contribution < -0.4 is 0 Å². The molecule has 0 amide bonds. The fourth-order valence-corrected chi connectivity index (χ4v) is 1.70. The van der Waals surface area contributed by atoms with Gasteiger partial charge in [0.05, 0.1) is 11.0 Å². The van der Waals surface area contributed by atoms with Crippen molar-refractivity contribution >= 4 is 22.6 Å². The van der Waals surface area contributed by atoms with E-state index in [1.807, 2.05) is 28.8 Å². The van der Waals surface area contributed by atoms with Gasteiger partial charge < -0.3 is 4.74 Å². The molecule has 0 N–H and O–H groups in total. The van der Waals surface area contributed by atoms with Crippen molar-refractivity contribution in [2.75, 3.05) is 6.61 Å². The molecule has 0 aliphatic rings. The van der Waals surface area contributed by atoms with Gasteiger partial charge in [-0.05, 0) is 30.2 Å². The molecule has 1 aromatic carbocycles. The second-order valence-corrected chi connectivity index (χ2v) is 3.67. The number of ether oxygens (including phenoxy) is 1. The van der Waals surface area contributed by atoms with Crippen LogP contribution in [0.4, 0.5) is 0 Å². The van der Waals surface area contributed by atoms with Crippen molar-refractivity contribution in [1.29, 1.82) is 0 Å². The zero-order valence-corrected chi connectivity index (χ0v) is 9.37. The number of para-hydroxylation sites is 2. The van der Waals surface area contributed by atoms with Crippen molar-refractivity contribution in [3.8, 4) is 0 Å². The predicted octanol–water partition coefficient (Wildman–Crippen LogP) is 3.07. The molecule has 1 aromatic heterocycles. The fourth-order valence-electron chi connectivity index (χ4n) is 1.47. The highest BCUT2D eigenvalue weighted by molar-refractivity contribution is 6.29. The van der Waals surface area contributed by atoms with Crippen molar-refractivity contribution in [1.82, 2.24) is 9.55 Å². The first-order valence-electron chi connectivity index (χ1n) is 5.01. The molecule has 0 aliphatic carbocycles. The summed E-state index contributed by atoms with van der Waals surface area (Å²) in [6, 6.07) is 7.85. The van der Waals surface area contributed by atoms with Gasteiger partial charge in [0, 0.05) is 6.61 Å². The fraction of sp³-hybridized carbons (Fsp3) is 0.364. The lowest BCUT2D eigenvalue weighted by Crippen LogP contribution is -2.03. The molecule has 0 bridgehead atoms. The molecule has 1 heterocycles. The van der Waals surface area contributed by atoms with Crippen LogP contribution in [0.2, 0.25) is 5.28 Å². The number of nitrogens with zero attached hydrogens (tertiary/aromatic N) is 2. The monoisotopic (exact) mass is 224 g/mol. The number of hydrogen-bond acceptors (Lipinski definition) is 2. The third-order valence-corrected chi connectivity index (χ3v) is 2.47. The van der Waals surface area contributed by atoms with Crippen LogP contribution in [-0.4, -0.2) is 16.2 Å². The lowest BCUT2D eigenvalue weighted by Gasteiger charge is -2.05. The number of aromatic nitrogens is 2. The molecule has 4 heteroatoms. The van der Waals surface area contributed by atoms with Crippen molar-refractivity contribution < 1.29 is 4.74 Å². The Morgan fingerprint density at radius 1 is 1.40 bits per heavy atom. The molecule has 0 radical (unpaired) electrons. The molecule has 0 saturated heterocycles. The number of benzene rings is 1. The van der Waals surface area contributed by atoms with Crippen LogP contribution in [0.5, 0.6) is 0 Å². The maximum Gasteiger partial charge on any atom is 0.205 e. The molecule has 0 spiro atoms. The molecule has 0 fully saturated rings. The van der Waals surface area contributed by atoms with Gasteiger partial charge in [-0.3, -0.25) is 4.57 Å². The number of rotatable bonds is 4. The van der Waals surface area contributed by atoms with Gasteiger partial charge >= 0.3 is 0 Å². The molecule has 0 atom stereocenters. The average molecular weight is 225 g/mol. The summed E-state index contributed by atoms with van der Waals surface area (Å²) in [6.07, 6.45) is 1.00. The minimum Gasteiger partial charge on any atom is -0.361 e. The van der Waals surface area contributed by atoms with Crippen LogP contribution in [0.1, 0.15) is 13.3 Å². The van der Waals surface area contributed by atoms with E-state index in [4.69, 9.17) is 16.3 Å². The Morgan fingerprint density at radius 2 is 2.20 bits per heavy atom. The second kappa shape index (κ2) is 4.64. The summed E-state index contributed by atoms with van der Waals surface area (Å²) >= 11 is 6.02.